The molecule has 0 bridgehead atoms. The Hall–Kier alpha value is -3.40. The van der Waals surface area contributed by atoms with Crippen LogP contribution in [-0.2, 0) is 4.74 Å². The van der Waals surface area contributed by atoms with Gasteiger partial charge in [-0.15, -0.1) is 0 Å². The maximum Gasteiger partial charge on any atom is 0.411 e. The Labute approximate surface area is 132 Å². The number of benzene rings is 1. The van der Waals surface area contributed by atoms with E-state index in [1.165, 1.54) is 13.4 Å². The third-order valence-corrected chi connectivity index (χ3v) is 3.44. The fourth-order valence-electron chi connectivity index (χ4n) is 2.38. The number of anilines is 1. The second kappa shape index (κ2) is 5.77. The average Bonchev–Trinajstić information content (AvgIpc) is 3.02. The van der Waals surface area contributed by atoms with Crippen molar-refractivity contribution < 1.29 is 9.53 Å². The fraction of sp³-hybridized carbons (Fsp3) is 0.125. The number of nitriles is 1. The summed E-state index contributed by atoms with van der Waals surface area (Å²) in [6.07, 6.45) is 0.885. The first-order valence-corrected chi connectivity index (χ1v) is 6.82. The van der Waals surface area contributed by atoms with Crippen LogP contribution in [0.3, 0.4) is 0 Å². The van der Waals surface area contributed by atoms with Gasteiger partial charge < -0.3 is 4.74 Å². The van der Waals surface area contributed by atoms with Crippen molar-refractivity contribution in [2.45, 2.75) is 6.92 Å². The molecule has 1 N–H and O–H groups in total. The molecule has 0 aliphatic rings. The number of nitrogens with one attached hydrogen (secondary N) is 1. The van der Waals surface area contributed by atoms with Crippen LogP contribution in [-0.4, -0.2) is 27.8 Å². The number of carbonyl (C=O) groups excluding carboxylic acids is 1. The number of aryl methyl sites for hydroxylation is 1. The minimum Gasteiger partial charge on any atom is -0.453 e. The summed E-state index contributed by atoms with van der Waals surface area (Å²) in [4.78, 5) is 15.6. The van der Waals surface area contributed by atoms with Crippen LogP contribution in [0.25, 0.3) is 16.9 Å². The van der Waals surface area contributed by atoms with E-state index >= 15 is 0 Å². The lowest BCUT2D eigenvalue weighted by Gasteiger charge is -2.11. The van der Waals surface area contributed by atoms with Crippen LogP contribution in [0, 0.1) is 18.3 Å². The van der Waals surface area contributed by atoms with Crippen molar-refractivity contribution in [2.75, 3.05) is 12.4 Å². The monoisotopic (exact) mass is 307 g/mol. The Morgan fingerprint density at radius 1 is 1.35 bits per heavy atom. The van der Waals surface area contributed by atoms with Crippen LogP contribution in [0.5, 0.6) is 0 Å². The van der Waals surface area contributed by atoms with Gasteiger partial charge in [0, 0.05) is 17.3 Å². The molecule has 0 aliphatic heterocycles. The summed E-state index contributed by atoms with van der Waals surface area (Å²) in [6.45, 7) is 1.92. The number of aromatic nitrogens is 3. The van der Waals surface area contributed by atoms with E-state index < -0.39 is 6.09 Å². The molecule has 0 saturated carbocycles. The normalized spacial score (nSPS) is 10.3. The van der Waals surface area contributed by atoms with Crippen molar-refractivity contribution in [3.8, 4) is 17.3 Å². The van der Waals surface area contributed by atoms with Crippen molar-refractivity contribution >= 4 is 17.4 Å². The molecule has 0 aliphatic carbocycles. The zero-order valence-electron chi connectivity index (χ0n) is 12.6. The van der Waals surface area contributed by atoms with E-state index in [0.717, 1.165) is 16.8 Å². The van der Waals surface area contributed by atoms with E-state index in [1.54, 1.807) is 28.8 Å². The molecule has 2 aromatic heterocycles. The van der Waals surface area contributed by atoms with Gasteiger partial charge in [0.2, 0.25) is 0 Å². The van der Waals surface area contributed by atoms with Crippen LogP contribution < -0.4 is 5.32 Å². The van der Waals surface area contributed by atoms with Crippen LogP contribution in [0.4, 0.5) is 10.5 Å². The van der Waals surface area contributed by atoms with Gasteiger partial charge in [0.25, 0.3) is 0 Å². The smallest absolute Gasteiger partial charge is 0.411 e. The van der Waals surface area contributed by atoms with E-state index in [-0.39, 0.29) is 0 Å². The number of pyridine rings is 1. The predicted molar refractivity (Wildman–Crippen MR) is 83.9 cm³/mol. The van der Waals surface area contributed by atoms with E-state index in [4.69, 9.17) is 5.26 Å². The van der Waals surface area contributed by atoms with Crippen LogP contribution in [0.2, 0.25) is 0 Å². The molecule has 0 radical (unpaired) electrons. The first-order valence-electron chi connectivity index (χ1n) is 6.82. The molecular formula is C16H13N5O2. The summed E-state index contributed by atoms with van der Waals surface area (Å²) < 4.78 is 6.30. The summed E-state index contributed by atoms with van der Waals surface area (Å²) in [5, 5.41) is 15.8. The van der Waals surface area contributed by atoms with Gasteiger partial charge in [-0.1, -0.05) is 6.07 Å². The largest absolute Gasteiger partial charge is 0.453 e. The third kappa shape index (κ3) is 2.70. The second-order valence-electron chi connectivity index (χ2n) is 4.92. The topological polar surface area (TPSA) is 92.3 Å². The number of ether oxygens (including phenoxy) is 1. The number of nitrogens with zero attached hydrogens (tertiary/aromatic N) is 4. The maximum atomic E-state index is 11.4. The Bertz CT molecular complexity index is 939. The van der Waals surface area contributed by atoms with Crippen LogP contribution in [0.15, 0.2) is 36.7 Å². The molecule has 7 heteroatoms. The number of fused-ring (bicyclic) bond motifs is 1. The van der Waals surface area contributed by atoms with Crippen LogP contribution >= 0.6 is 0 Å². The molecule has 3 rings (SSSR count). The van der Waals surface area contributed by atoms with Crippen molar-refractivity contribution in [3.05, 3.63) is 47.8 Å². The molecule has 0 fully saturated rings. The van der Waals surface area contributed by atoms with Crippen molar-refractivity contribution in [3.63, 3.8) is 0 Å². The molecule has 3 aromatic rings. The third-order valence-electron chi connectivity index (χ3n) is 3.44. The highest BCUT2D eigenvalue weighted by Crippen LogP contribution is 2.27. The number of amides is 1. The summed E-state index contributed by atoms with van der Waals surface area (Å²) in [6, 6.07) is 11.0. The standard InChI is InChI=1S/C16H13N5O2/c1-10-5-11(8-17)3-4-13(10)14-6-12(20-16(22)23-2)7-15-18-9-19-21(14)15/h3-7,9H,1-2H3,(H,20,22). The molecule has 1 aromatic carbocycles. The van der Waals surface area contributed by atoms with Gasteiger partial charge in [-0.05, 0) is 30.7 Å². The van der Waals surface area contributed by atoms with Gasteiger partial charge in [-0.3, -0.25) is 5.32 Å². The van der Waals surface area contributed by atoms with Crippen molar-refractivity contribution in [2.24, 2.45) is 0 Å². The minimum absolute atomic E-state index is 0.552. The van der Waals surface area contributed by atoms with E-state index in [2.05, 4.69) is 26.2 Å². The van der Waals surface area contributed by atoms with E-state index in [9.17, 15) is 4.79 Å². The summed E-state index contributed by atoms with van der Waals surface area (Å²) >= 11 is 0. The number of hydrogen-bond donors (Lipinski definition) is 1. The zero-order valence-corrected chi connectivity index (χ0v) is 12.6. The molecule has 7 nitrogen and oxygen atoms in total. The van der Waals surface area contributed by atoms with E-state index in [1.807, 2.05) is 13.0 Å². The predicted octanol–water partition coefficient (Wildman–Crippen LogP) is 2.75. The molecule has 23 heavy (non-hydrogen) atoms. The molecular weight excluding hydrogens is 294 g/mol. The molecule has 0 saturated heterocycles. The second-order valence-corrected chi connectivity index (χ2v) is 4.92. The number of methoxy groups -OCH3 is 1. The summed E-state index contributed by atoms with van der Waals surface area (Å²) in [5.41, 5.74) is 4.32. The molecule has 0 unspecified atom stereocenters. The molecule has 114 valence electrons. The van der Waals surface area contributed by atoms with Gasteiger partial charge >= 0.3 is 6.09 Å². The van der Waals surface area contributed by atoms with Crippen LogP contribution in [0.1, 0.15) is 11.1 Å². The lowest BCUT2D eigenvalue weighted by atomic mass is 10.0. The van der Waals surface area contributed by atoms with Gasteiger partial charge in [0.15, 0.2) is 5.65 Å². The van der Waals surface area contributed by atoms with E-state index in [0.29, 0.717) is 16.9 Å². The number of hydrogen-bond acceptors (Lipinski definition) is 5. The highest BCUT2D eigenvalue weighted by molar-refractivity contribution is 5.87. The summed E-state index contributed by atoms with van der Waals surface area (Å²) in [5.74, 6) is 0. The molecule has 1 amide bonds. The molecule has 0 atom stereocenters. The minimum atomic E-state index is -0.559. The van der Waals surface area contributed by atoms with Gasteiger partial charge in [-0.2, -0.15) is 10.4 Å². The fourth-order valence-corrected chi connectivity index (χ4v) is 2.38. The maximum absolute atomic E-state index is 11.4. The quantitative estimate of drug-likeness (QED) is 0.786. The average molecular weight is 307 g/mol. The Balaban J connectivity index is 2.18. The number of rotatable bonds is 2. The molecule has 2 heterocycles. The first kappa shape index (κ1) is 14.5. The highest BCUT2D eigenvalue weighted by Gasteiger charge is 2.12. The number of carbonyl (C=O) groups is 1. The lowest BCUT2D eigenvalue weighted by Crippen LogP contribution is -2.11. The zero-order chi connectivity index (χ0) is 16.4. The van der Waals surface area contributed by atoms with Gasteiger partial charge in [-0.25, -0.2) is 14.3 Å². The van der Waals surface area contributed by atoms with Gasteiger partial charge in [0.1, 0.15) is 6.33 Å². The molecule has 0 spiro atoms. The Kier molecular flexibility index (Phi) is 3.65. The first-order chi connectivity index (χ1) is 11.1. The SMILES string of the molecule is COC(=O)Nc1cc(-c2ccc(C#N)cc2C)n2ncnc2c1. The van der Waals surface area contributed by atoms with Crippen molar-refractivity contribution in [1.82, 2.24) is 14.6 Å². The summed E-state index contributed by atoms with van der Waals surface area (Å²) in [7, 11) is 1.30. The Morgan fingerprint density at radius 2 is 2.17 bits per heavy atom. The van der Waals surface area contributed by atoms with Crippen molar-refractivity contribution in [1.29, 1.82) is 5.26 Å². The van der Waals surface area contributed by atoms with Gasteiger partial charge in [0.05, 0.1) is 24.4 Å². The Morgan fingerprint density at radius 3 is 2.87 bits per heavy atom. The highest BCUT2D eigenvalue weighted by atomic mass is 16.5. The lowest BCUT2D eigenvalue weighted by molar-refractivity contribution is 0.187.